The zero-order valence-corrected chi connectivity index (χ0v) is 17.4. The van der Waals surface area contributed by atoms with E-state index in [9.17, 15) is 8.78 Å². The van der Waals surface area contributed by atoms with Gasteiger partial charge in [-0.05, 0) is 23.1 Å². The van der Waals surface area contributed by atoms with E-state index in [1.807, 2.05) is 36.4 Å². The Bertz CT molecular complexity index is 861. The van der Waals surface area contributed by atoms with Gasteiger partial charge in [0.1, 0.15) is 0 Å². The van der Waals surface area contributed by atoms with Gasteiger partial charge in [-0.2, -0.15) is 13.9 Å². The molecule has 0 aliphatic heterocycles. The summed E-state index contributed by atoms with van der Waals surface area (Å²) in [4.78, 5) is 0. The molecule has 3 aromatic rings. The van der Waals surface area contributed by atoms with Crippen molar-refractivity contribution in [2.45, 2.75) is 39.0 Å². The molecule has 0 unspecified atom stereocenters. The van der Waals surface area contributed by atoms with Crippen molar-refractivity contribution < 1.29 is 28.9 Å². The van der Waals surface area contributed by atoms with Gasteiger partial charge in [0.15, 0.2) is 5.82 Å². The van der Waals surface area contributed by atoms with Crippen LogP contribution >= 0.6 is 0 Å². The average Bonchev–Trinajstić information content (AvgIpc) is 3.00. The van der Waals surface area contributed by atoms with E-state index in [0.29, 0.717) is 17.1 Å². The van der Waals surface area contributed by atoms with Crippen LogP contribution in [0.5, 0.6) is 0 Å². The molecule has 3 nitrogen and oxygen atoms in total. The second kappa shape index (κ2) is 7.37. The van der Waals surface area contributed by atoms with Crippen LogP contribution in [0.25, 0.3) is 17.1 Å². The van der Waals surface area contributed by atoms with Gasteiger partial charge < -0.3 is 4.57 Å². The first-order valence-electron chi connectivity index (χ1n) is 8.09. The summed E-state index contributed by atoms with van der Waals surface area (Å²) in [6.45, 7) is 7.15. The summed E-state index contributed by atoms with van der Waals surface area (Å²) in [6.07, 6.45) is 0. The SMILES string of the molecule is CC(C)(C)c1ccc(-n2c(-c3[c-]cccc3)nnc2C(C)(F)F)cc1.[Ir]. The molecule has 0 saturated heterocycles. The van der Waals surface area contributed by atoms with E-state index in [2.05, 4.69) is 37.0 Å². The van der Waals surface area contributed by atoms with Crippen LogP contribution in [-0.4, -0.2) is 14.8 Å². The standard InChI is InChI=1S/C20H20F2N3.Ir/c1-19(2,3)15-10-12-16(13-11-15)25-17(14-8-6-5-7-9-14)23-24-18(25)20(4,21)22;/h5-8,10-13H,1-4H3;/q-1;. The molecule has 0 bridgehead atoms. The maximum Gasteiger partial charge on any atom is 0.303 e. The fraction of sp³-hybridized carbons (Fsp3) is 0.300. The van der Waals surface area contributed by atoms with Gasteiger partial charge in [-0.3, -0.25) is 0 Å². The van der Waals surface area contributed by atoms with Crippen molar-refractivity contribution in [3.8, 4) is 17.1 Å². The molecule has 0 aliphatic rings. The van der Waals surface area contributed by atoms with Crippen LogP contribution in [0, 0.1) is 6.07 Å². The summed E-state index contributed by atoms with van der Waals surface area (Å²) in [5.41, 5.74) is 2.33. The van der Waals surface area contributed by atoms with E-state index in [0.717, 1.165) is 12.5 Å². The van der Waals surface area contributed by atoms with Crippen molar-refractivity contribution in [1.29, 1.82) is 0 Å². The molecule has 0 atom stereocenters. The third-order valence-corrected chi connectivity index (χ3v) is 4.00. The topological polar surface area (TPSA) is 30.7 Å². The molecule has 26 heavy (non-hydrogen) atoms. The maximum absolute atomic E-state index is 14.1. The van der Waals surface area contributed by atoms with Crippen LogP contribution in [0.1, 0.15) is 39.1 Å². The van der Waals surface area contributed by atoms with Crippen LogP contribution < -0.4 is 0 Å². The number of nitrogens with zero attached hydrogens (tertiary/aromatic N) is 3. The molecule has 0 spiro atoms. The Morgan fingerprint density at radius 2 is 1.58 bits per heavy atom. The third kappa shape index (κ3) is 4.08. The molecule has 0 fully saturated rings. The van der Waals surface area contributed by atoms with E-state index in [-0.39, 0.29) is 31.3 Å². The number of aromatic nitrogens is 3. The smallest absolute Gasteiger partial charge is 0.303 e. The molecule has 2 aromatic carbocycles. The summed E-state index contributed by atoms with van der Waals surface area (Å²) < 4.78 is 29.5. The van der Waals surface area contributed by atoms with Gasteiger partial charge in [-0.15, -0.1) is 41.0 Å². The van der Waals surface area contributed by atoms with Crippen LogP contribution in [0.3, 0.4) is 0 Å². The Hall–Kier alpha value is -1.91. The van der Waals surface area contributed by atoms with Crippen molar-refractivity contribution in [2.24, 2.45) is 0 Å². The number of halogens is 2. The number of hydrogen-bond acceptors (Lipinski definition) is 2. The molecule has 3 rings (SSSR count). The molecule has 0 amide bonds. The molecule has 0 N–H and O–H groups in total. The summed E-state index contributed by atoms with van der Waals surface area (Å²) in [5.74, 6) is -3.15. The third-order valence-electron chi connectivity index (χ3n) is 4.00. The van der Waals surface area contributed by atoms with Gasteiger partial charge in [0.2, 0.25) is 0 Å². The van der Waals surface area contributed by atoms with Crippen LogP contribution in [0.15, 0.2) is 48.5 Å². The molecule has 1 radical (unpaired) electrons. The molecular weight excluding hydrogens is 512 g/mol. The summed E-state index contributed by atoms with van der Waals surface area (Å²) in [6, 6.07) is 17.7. The first-order chi connectivity index (χ1) is 11.7. The number of rotatable bonds is 3. The summed E-state index contributed by atoms with van der Waals surface area (Å²) >= 11 is 0. The Morgan fingerprint density at radius 1 is 0.923 bits per heavy atom. The average molecular weight is 533 g/mol. The van der Waals surface area contributed by atoms with E-state index in [4.69, 9.17) is 0 Å². The van der Waals surface area contributed by atoms with Crippen LogP contribution in [0.2, 0.25) is 0 Å². The zero-order chi connectivity index (χ0) is 18.2. The molecule has 1 aromatic heterocycles. The number of benzene rings is 2. The van der Waals surface area contributed by atoms with E-state index in [1.165, 1.54) is 4.57 Å². The van der Waals surface area contributed by atoms with Crippen molar-refractivity contribution >= 4 is 0 Å². The predicted molar refractivity (Wildman–Crippen MR) is 93.9 cm³/mol. The quantitative estimate of drug-likeness (QED) is 0.438. The molecule has 139 valence electrons. The van der Waals surface area contributed by atoms with Crippen molar-refractivity contribution in [2.75, 3.05) is 0 Å². The number of alkyl halides is 2. The van der Waals surface area contributed by atoms with Gasteiger partial charge >= 0.3 is 5.92 Å². The van der Waals surface area contributed by atoms with Gasteiger partial charge in [0.25, 0.3) is 0 Å². The minimum absolute atomic E-state index is 0. The minimum Gasteiger partial charge on any atom is -0.315 e. The Labute approximate surface area is 165 Å². The second-order valence-electron chi connectivity index (χ2n) is 7.14. The number of hydrogen-bond donors (Lipinski definition) is 0. The summed E-state index contributed by atoms with van der Waals surface area (Å²) in [7, 11) is 0. The zero-order valence-electron chi connectivity index (χ0n) is 15.0. The summed E-state index contributed by atoms with van der Waals surface area (Å²) in [5, 5.41) is 7.76. The van der Waals surface area contributed by atoms with Crippen molar-refractivity contribution in [3.05, 3.63) is 66.0 Å². The molecule has 6 heteroatoms. The van der Waals surface area contributed by atoms with Crippen LogP contribution in [0.4, 0.5) is 8.78 Å². The second-order valence-corrected chi connectivity index (χ2v) is 7.14. The predicted octanol–water partition coefficient (Wildman–Crippen LogP) is 5.14. The van der Waals surface area contributed by atoms with Crippen molar-refractivity contribution in [3.63, 3.8) is 0 Å². The molecular formula is C20H20F2IrN3-. The first-order valence-corrected chi connectivity index (χ1v) is 8.09. The van der Waals surface area contributed by atoms with E-state index >= 15 is 0 Å². The maximum atomic E-state index is 14.1. The van der Waals surface area contributed by atoms with E-state index in [1.54, 1.807) is 12.1 Å². The monoisotopic (exact) mass is 533 g/mol. The van der Waals surface area contributed by atoms with E-state index < -0.39 is 5.92 Å². The Balaban J connectivity index is 0.00000243. The van der Waals surface area contributed by atoms with Gasteiger partial charge in [-0.25, -0.2) is 0 Å². The molecule has 0 aliphatic carbocycles. The first kappa shape index (κ1) is 20.4. The Morgan fingerprint density at radius 3 is 2.08 bits per heavy atom. The van der Waals surface area contributed by atoms with Crippen LogP contribution in [-0.2, 0) is 31.4 Å². The van der Waals surface area contributed by atoms with Gasteiger partial charge in [0.05, 0.1) is 5.82 Å². The fourth-order valence-corrected chi connectivity index (χ4v) is 2.63. The largest absolute Gasteiger partial charge is 0.315 e. The molecule has 0 saturated carbocycles. The Kier molecular flexibility index (Phi) is 5.79. The molecule has 1 heterocycles. The van der Waals surface area contributed by atoms with Gasteiger partial charge in [0, 0.05) is 32.7 Å². The van der Waals surface area contributed by atoms with Gasteiger partial charge in [-0.1, -0.05) is 32.9 Å². The minimum atomic E-state index is -3.11. The van der Waals surface area contributed by atoms with Crippen molar-refractivity contribution in [1.82, 2.24) is 14.8 Å². The normalized spacial score (nSPS) is 11.9. The fourth-order valence-electron chi connectivity index (χ4n) is 2.63.